The predicted molar refractivity (Wildman–Crippen MR) is 176 cm³/mol. The molecule has 3 aromatic carbocycles. The van der Waals surface area contributed by atoms with Gasteiger partial charge in [0.05, 0.1) is 0 Å². The van der Waals surface area contributed by atoms with Crippen LogP contribution in [0.1, 0.15) is 63.1 Å². The van der Waals surface area contributed by atoms with E-state index in [0.717, 1.165) is 29.5 Å². The minimum absolute atomic E-state index is 0.0713. The maximum absolute atomic E-state index is 14.3. The molecule has 1 aliphatic carbocycles. The molecule has 2 atom stereocenters. The molecule has 0 radical (unpaired) electrons. The fourth-order valence-electron chi connectivity index (χ4n) is 5.78. The van der Waals surface area contributed by atoms with Crippen LogP contribution in [0, 0.1) is 0 Å². The lowest BCUT2D eigenvalue weighted by Crippen LogP contribution is -2.63. The Morgan fingerprint density at radius 2 is 1.22 bits per heavy atom. The molecule has 0 aromatic heterocycles. The van der Waals surface area contributed by atoms with Crippen molar-refractivity contribution in [2.24, 2.45) is 0 Å². The van der Waals surface area contributed by atoms with Crippen molar-refractivity contribution < 1.29 is 28.7 Å². The first-order valence-electron chi connectivity index (χ1n) is 15.8. The van der Waals surface area contributed by atoms with Gasteiger partial charge in [-0.1, -0.05) is 104 Å². The smallest absolute Gasteiger partial charge is 0.408 e. The number of nitrogens with one attached hydrogen (secondary N) is 2. The second-order valence-electron chi connectivity index (χ2n) is 12.8. The average molecular weight is 628 g/mol. The number of rotatable bonds is 12. The van der Waals surface area contributed by atoms with Crippen molar-refractivity contribution in [1.29, 1.82) is 0 Å². The number of carbonyl (C=O) groups excluding carboxylic acids is 4. The Hall–Kier alpha value is -4.66. The number of hydrogen-bond donors (Lipinski definition) is 2. The Morgan fingerprint density at radius 3 is 1.72 bits per heavy atom. The number of hydrogen-bond acceptors (Lipinski definition) is 6. The molecule has 4 rings (SSSR count). The van der Waals surface area contributed by atoms with E-state index in [-0.39, 0.29) is 19.4 Å². The molecule has 1 saturated carbocycles. The summed E-state index contributed by atoms with van der Waals surface area (Å²) in [5, 5.41) is 5.71. The van der Waals surface area contributed by atoms with Crippen LogP contribution in [0.4, 0.5) is 4.79 Å². The average Bonchev–Trinajstić information content (AvgIpc) is 3.54. The highest BCUT2D eigenvalue weighted by Gasteiger charge is 2.49. The van der Waals surface area contributed by atoms with E-state index < -0.39 is 47.1 Å². The summed E-state index contributed by atoms with van der Waals surface area (Å²) in [7, 11) is 1.60. The number of ether oxygens (including phenoxy) is 2. The lowest BCUT2D eigenvalue weighted by atomic mass is 9.91. The van der Waals surface area contributed by atoms with Crippen LogP contribution in [0.15, 0.2) is 91.0 Å². The second kappa shape index (κ2) is 15.6. The van der Waals surface area contributed by atoms with Crippen LogP contribution < -0.4 is 10.6 Å². The van der Waals surface area contributed by atoms with Crippen LogP contribution in [0.5, 0.6) is 0 Å². The van der Waals surface area contributed by atoms with Gasteiger partial charge in [0.25, 0.3) is 0 Å². The van der Waals surface area contributed by atoms with Gasteiger partial charge >= 0.3 is 12.1 Å². The van der Waals surface area contributed by atoms with Crippen LogP contribution in [0.25, 0.3) is 0 Å². The van der Waals surface area contributed by atoms with E-state index in [1.54, 1.807) is 27.8 Å². The molecule has 0 aliphatic heterocycles. The summed E-state index contributed by atoms with van der Waals surface area (Å²) in [6.07, 6.45) is 2.02. The molecule has 3 aromatic rings. The number of nitrogens with zero attached hydrogens (tertiary/aromatic N) is 1. The largest absolute Gasteiger partial charge is 0.459 e. The maximum Gasteiger partial charge on any atom is 0.408 e. The van der Waals surface area contributed by atoms with Gasteiger partial charge in [-0.15, -0.1) is 0 Å². The first-order valence-corrected chi connectivity index (χ1v) is 15.8. The Balaban J connectivity index is 1.56. The fourth-order valence-corrected chi connectivity index (χ4v) is 5.78. The van der Waals surface area contributed by atoms with Gasteiger partial charge in [0.15, 0.2) is 0 Å². The van der Waals surface area contributed by atoms with Gasteiger partial charge in [0.1, 0.15) is 29.8 Å². The van der Waals surface area contributed by atoms with Crippen molar-refractivity contribution in [1.82, 2.24) is 15.5 Å². The summed E-state index contributed by atoms with van der Waals surface area (Å²) >= 11 is 0. The summed E-state index contributed by atoms with van der Waals surface area (Å²) in [6.45, 7) is 5.33. The van der Waals surface area contributed by atoms with Gasteiger partial charge < -0.3 is 25.0 Å². The fraction of sp³-hybridized carbons (Fsp3) is 0.405. The highest BCUT2D eigenvalue weighted by atomic mass is 16.6. The first kappa shape index (κ1) is 34.2. The Labute approximate surface area is 271 Å². The predicted octanol–water partition coefficient (Wildman–Crippen LogP) is 5.36. The van der Waals surface area contributed by atoms with E-state index in [2.05, 4.69) is 10.6 Å². The highest BCUT2D eigenvalue weighted by Crippen LogP contribution is 2.36. The van der Waals surface area contributed by atoms with E-state index in [4.69, 9.17) is 9.47 Å². The molecule has 0 bridgehead atoms. The molecule has 244 valence electrons. The van der Waals surface area contributed by atoms with Crippen LogP contribution >= 0.6 is 0 Å². The van der Waals surface area contributed by atoms with E-state index in [0.29, 0.717) is 12.8 Å². The number of benzene rings is 3. The van der Waals surface area contributed by atoms with Gasteiger partial charge in [-0.2, -0.15) is 0 Å². The van der Waals surface area contributed by atoms with Crippen LogP contribution in [0.2, 0.25) is 0 Å². The number of carbonyl (C=O) groups is 4. The third-order valence-corrected chi connectivity index (χ3v) is 8.19. The zero-order valence-corrected chi connectivity index (χ0v) is 27.2. The first-order chi connectivity index (χ1) is 22.0. The maximum atomic E-state index is 14.3. The van der Waals surface area contributed by atoms with Crippen LogP contribution in [-0.2, 0) is 43.3 Å². The molecule has 0 heterocycles. The van der Waals surface area contributed by atoms with Crippen molar-refractivity contribution in [2.45, 2.75) is 89.1 Å². The van der Waals surface area contributed by atoms with Gasteiger partial charge in [-0.05, 0) is 50.3 Å². The summed E-state index contributed by atoms with van der Waals surface area (Å²) in [5.41, 5.74) is 0.570. The molecule has 3 amide bonds. The Kier molecular flexibility index (Phi) is 11.6. The van der Waals surface area contributed by atoms with Crippen molar-refractivity contribution in [3.8, 4) is 0 Å². The number of esters is 1. The summed E-state index contributed by atoms with van der Waals surface area (Å²) in [4.78, 5) is 56.2. The van der Waals surface area contributed by atoms with Gasteiger partial charge in [0, 0.05) is 19.9 Å². The molecule has 0 unspecified atom stereocenters. The van der Waals surface area contributed by atoms with Crippen molar-refractivity contribution in [3.05, 3.63) is 108 Å². The molecule has 2 N–H and O–H groups in total. The van der Waals surface area contributed by atoms with Crippen LogP contribution in [0.3, 0.4) is 0 Å². The summed E-state index contributed by atoms with van der Waals surface area (Å²) < 4.78 is 11.1. The monoisotopic (exact) mass is 627 g/mol. The van der Waals surface area contributed by atoms with Gasteiger partial charge in [0.2, 0.25) is 11.8 Å². The number of alkyl carbamates (subject to hydrolysis) is 1. The Morgan fingerprint density at radius 1 is 0.739 bits per heavy atom. The minimum atomic E-state index is -1.21. The third-order valence-electron chi connectivity index (χ3n) is 8.19. The summed E-state index contributed by atoms with van der Waals surface area (Å²) in [6, 6.07) is 26.2. The zero-order chi connectivity index (χ0) is 33.2. The van der Waals surface area contributed by atoms with Crippen molar-refractivity contribution in [3.63, 3.8) is 0 Å². The second-order valence-corrected chi connectivity index (χ2v) is 12.8. The molecule has 1 aliphatic rings. The molecule has 0 saturated heterocycles. The standard InChI is InChI=1S/C37H45N3O6/c1-36(2,3)46-35(44)39-30(24-27-16-8-5-9-17-27)32(41)40(4)37(22-14-15-23-37)34(43)38-31(25-28-18-10-6-11-19-28)33(42)45-26-29-20-12-7-13-21-29/h5-13,16-21,30-31H,14-15,22-26H2,1-4H3,(H,38,43)(H,39,44)/t30-,31+/m1/s1. The third kappa shape index (κ3) is 9.42. The topological polar surface area (TPSA) is 114 Å². The zero-order valence-electron chi connectivity index (χ0n) is 27.2. The highest BCUT2D eigenvalue weighted by molar-refractivity contribution is 5.96. The van der Waals surface area contributed by atoms with E-state index in [1.165, 1.54) is 4.90 Å². The number of likely N-dealkylation sites (N-methyl/N-ethyl adjacent to an activating group) is 1. The van der Waals surface area contributed by atoms with Crippen LogP contribution in [-0.4, -0.2) is 59.0 Å². The van der Waals surface area contributed by atoms with Crippen molar-refractivity contribution in [2.75, 3.05) is 7.05 Å². The van der Waals surface area contributed by atoms with Gasteiger partial charge in [-0.25, -0.2) is 9.59 Å². The van der Waals surface area contributed by atoms with E-state index in [9.17, 15) is 19.2 Å². The van der Waals surface area contributed by atoms with Gasteiger partial charge in [-0.3, -0.25) is 9.59 Å². The molecule has 1 fully saturated rings. The molecular formula is C37H45N3O6. The SMILES string of the molecule is CN(C(=O)[C@@H](Cc1ccccc1)NC(=O)OC(C)(C)C)C1(C(=O)N[C@@H](Cc2ccccc2)C(=O)OCc2ccccc2)CCCC1. The Bertz CT molecular complexity index is 1450. The number of amides is 3. The summed E-state index contributed by atoms with van der Waals surface area (Å²) in [5.74, 6) is -1.40. The lowest BCUT2D eigenvalue weighted by molar-refractivity contribution is -0.152. The van der Waals surface area contributed by atoms with Crippen molar-refractivity contribution >= 4 is 23.9 Å². The molecule has 9 nitrogen and oxygen atoms in total. The normalized spacial score (nSPS) is 15.2. The molecule has 0 spiro atoms. The molecular weight excluding hydrogens is 582 g/mol. The lowest BCUT2D eigenvalue weighted by Gasteiger charge is -2.40. The molecule has 9 heteroatoms. The minimum Gasteiger partial charge on any atom is -0.459 e. The van der Waals surface area contributed by atoms with E-state index >= 15 is 0 Å². The quantitative estimate of drug-likeness (QED) is 0.261. The van der Waals surface area contributed by atoms with E-state index in [1.807, 2.05) is 91.0 Å². The molecule has 46 heavy (non-hydrogen) atoms.